The van der Waals surface area contributed by atoms with Crippen LogP contribution < -0.4 is 0 Å². The number of ether oxygens (including phenoxy) is 1. The summed E-state index contributed by atoms with van der Waals surface area (Å²) in [6.07, 6.45) is 0.960. The Balaban J connectivity index is 2.27. The van der Waals surface area contributed by atoms with Crippen LogP contribution in [-0.4, -0.2) is 12.6 Å². The summed E-state index contributed by atoms with van der Waals surface area (Å²) in [5, 5.41) is 0. The molecule has 1 aliphatic rings. The lowest BCUT2D eigenvalue weighted by Gasteiger charge is -2.04. The Morgan fingerprint density at radius 2 is 2.17 bits per heavy atom. The molecule has 2 nitrogen and oxygen atoms in total. The SMILES string of the molecule is C=C(C)COC(=O)C1CC1(C)C. The van der Waals surface area contributed by atoms with E-state index in [9.17, 15) is 4.79 Å². The van der Waals surface area contributed by atoms with Crippen LogP contribution in [0.2, 0.25) is 0 Å². The van der Waals surface area contributed by atoms with E-state index in [-0.39, 0.29) is 17.3 Å². The van der Waals surface area contributed by atoms with E-state index in [1.165, 1.54) is 0 Å². The maximum Gasteiger partial charge on any atom is 0.309 e. The van der Waals surface area contributed by atoms with Gasteiger partial charge in [-0.05, 0) is 24.3 Å². The first-order valence-corrected chi connectivity index (χ1v) is 4.24. The van der Waals surface area contributed by atoms with Crippen LogP contribution in [0.3, 0.4) is 0 Å². The second kappa shape index (κ2) is 2.92. The van der Waals surface area contributed by atoms with Gasteiger partial charge in [-0.2, -0.15) is 0 Å². The molecule has 1 fully saturated rings. The van der Waals surface area contributed by atoms with E-state index in [0.717, 1.165) is 12.0 Å². The minimum absolute atomic E-state index is 0.0667. The van der Waals surface area contributed by atoms with Gasteiger partial charge < -0.3 is 4.74 Å². The van der Waals surface area contributed by atoms with Crippen molar-refractivity contribution in [3.63, 3.8) is 0 Å². The summed E-state index contributed by atoms with van der Waals surface area (Å²) in [6.45, 7) is 10.1. The molecule has 0 aromatic carbocycles. The number of esters is 1. The first-order chi connectivity index (χ1) is 5.43. The van der Waals surface area contributed by atoms with Gasteiger partial charge in [-0.15, -0.1) is 0 Å². The molecule has 0 aromatic rings. The van der Waals surface area contributed by atoms with Crippen LogP contribution in [0, 0.1) is 11.3 Å². The van der Waals surface area contributed by atoms with Crippen molar-refractivity contribution < 1.29 is 9.53 Å². The normalized spacial score (nSPS) is 24.8. The van der Waals surface area contributed by atoms with Crippen molar-refractivity contribution in [3.05, 3.63) is 12.2 Å². The Kier molecular flexibility index (Phi) is 2.27. The highest BCUT2D eigenvalue weighted by atomic mass is 16.5. The highest BCUT2D eigenvalue weighted by Crippen LogP contribution is 2.52. The molecule has 2 heteroatoms. The van der Waals surface area contributed by atoms with Crippen LogP contribution in [-0.2, 0) is 9.53 Å². The molecule has 1 aliphatic carbocycles. The summed E-state index contributed by atoms with van der Waals surface area (Å²) in [5.41, 5.74) is 1.06. The van der Waals surface area contributed by atoms with Crippen LogP contribution in [0.4, 0.5) is 0 Å². The summed E-state index contributed by atoms with van der Waals surface area (Å²) in [6, 6.07) is 0. The molecule has 0 N–H and O–H groups in total. The average Bonchev–Trinajstić information content (AvgIpc) is 2.55. The molecule has 0 bridgehead atoms. The first kappa shape index (κ1) is 9.30. The number of carbonyl (C=O) groups is 1. The van der Waals surface area contributed by atoms with Crippen LogP contribution in [0.5, 0.6) is 0 Å². The Morgan fingerprint density at radius 3 is 2.50 bits per heavy atom. The first-order valence-electron chi connectivity index (χ1n) is 4.24. The Bertz CT molecular complexity index is 216. The van der Waals surface area contributed by atoms with Crippen molar-refractivity contribution in [1.29, 1.82) is 0 Å². The van der Waals surface area contributed by atoms with Crippen molar-refractivity contribution in [2.75, 3.05) is 6.61 Å². The quantitative estimate of drug-likeness (QED) is 0.477. The second-order valence-electron chi connectivity index (χ2n) is 4.31. The van der Waals surface area contributed by atoms with Gasteiger partial charge in [0.15, 0.2) is 0 Å². The fraction of sp³-hybridized carbons (Fsp3) is 0.700. The second-order valence-corrected chi connectivity index (χ2v) is 4.31. The highest BCUT2D eigenvalue weighted by Gasteiger charge is 2.51. The van der Waals surface area contributed by atoms with Gasteiger partial charge in [0.25, 0.3) is 0 Å². The van der Waals surface area contributed by atoms with E-state index in [0.29, 0.717) is 6.61 Å². The third-order valence-electron chi connectivity index (χ3n) is 2.26. The molecule has 0 spiro atoms. The molecule has 68 valence electrons. The molecular formula is C10H16O2. The van der Waals surface area contributed by atoms with E-state index in [1.54, 1.807) is 0 Å². The number of rotatable bonds is 3. The van der Waals surface area contributed by atoms with Crippen molar-refractivity contribution in [1.82, 2.24) is 0 Å². The molecule has 0 saturated heterocycles. The number of hydrogen-bond donors (Lipinski definition) is 0. The minimum Gasteiger partial charge on any atom is -0.461 e. The van der Waals surface area contributed by atoms with Gasteiger partial charge in [0.05, 0.1) is 5.92 Å². The average molecular weight is 168 g/mol. The molecule has 1 rings (SSSR count). The molecule has 12 heavy (non-hydrogen) atoms. The lowest BCUT2D eigenvalue weighted by Crippen LogP contribution is -2.11. The largest absolute Gasteiger partial charge is 0.461 e. The maximum absolute atomic E-state index is 11.3. The van der Waals surface area contributed by atoms with Crippen molar-refractivity contribution in [2.24, 2.45) is 11.3 Å². The topological polar surface area (TPSA) is 26.3 Å². The van der Waals surface area contributed by atoms with Gasteiger partial charge in [-0.3, -0.25) is 4.79 Å². The van der Waals surface area contributed by atoms with Gasteiger partial charge in [-0.1, -0.05) is 20.4 Å². The zero-order chi connectivity index (χ0) is 9.35. The smallest absolute Gasteiger partial charge is 0.309 e. The zero-order valence-corrected chi connectivity index (χ0v) is 8.02. The van der Waals surface area contributed by atoms with Crippen molar-refractivity contribution in [3.8, 4) is 0 Å². The molecule has 0 amide bonds. The van der Waals surface area contributed by atoms with Gasteiger partial charge in [0.1, 0.15) is 6.61 Å². The maximum atomic E-state index is 11.3. The standard InChI is InChI=1S/C10H16O2/c1-7(2)6-12-9(11)8-5-10(8,3)4/h8H,1,5-6H2,2-4H3. The van der Waals surface area contributed by atoms with Crippen molar-refractivity contribution in [2.45, 2.75) is 27.2 Å². The van der Waals surface area contributed by atoms with E-state index in [1.807, 2.05) is 6.92 Å². The Morgan fingerprint density at radius 1 is 1.67 bits per heavy atom. The van der Waals surface area contributed by atoms with Gasteiger partial charge in [-0.25, -0.2) is 0 Å². The molecular weight excluding hydrogens is 152 g/mol. The molecule has 1 atom stereocenters. The number of carbonyl (C=O) groups excluding carboxylic acids is 1. The van der Waals surface area contributed by atoms with E-state index >= 15 is 0 Å². The third kappa shape index (κ3) is 2.10. The fourth-order valence-electron chi connectivity index (χ4n) is 1.16. The minimum atomic E-state index is -0.0667. The summed E-state index contributed by atoms with van der Waals surface area (Å²) in [4.78, 5) is 11.3. The lowest BCUT2D eigenvalue weighted by atomic mass is 10.1. The van der Waals surface area contributed by atoms with E-state index in [2.05, 4.69) is 20.4 Å². The highest BCUT2D eigenvalue weighted by molar-refractivity contribution is 5.76. The monoisotopic (exact) mass is 168 g/mol. The molecule has 0 aromatic heterocycles. The predicted molar refractivity (Wildman–Crippen MR) is 47.7 cm³/mol. The summed E-state index contributed by atoms with van der Waals surface area (Å²) < 4.78 is 5.02. The van der Waals surface area contributed by atoms with E-state index in [4.69, 9.17) is 4.74 Å². The van der Waals surface area contributed by atoms with Crippen LogP contribution in [0.15, 0.2) is 12.2 Å². The Hall–Kier alpha value is -0.790. The molecule has 0 heterocycles. The zero-order valence-electron chi connectivity index (χ0n) is 8.02. The predicted octanol–water partition coefficient (Wildman–Crippen LogP) is 2.15. The van der Waals surface area contributed by atoms with Gasteiger partial charge in [0, 0.05) is 0 Å². The molecule has 1 unspecified atom stereocenters. The van der Waals surface area contributed by atoms with Crippen LogP contribution in [0.1, 0.15) is 27.2 Å². The Labute approximate surface area is 73.6 Å². The molecule has 0 aliphatic heterocycles. The molecule has 1 saturated carbocycles. The molecule has 0 radical (unpaired) electrons. The van der Waals surface area contributed by atoms with Gasteiger partial charge in [0.2, 0.25) is 0 Å². The summed E-state index contributed by atoms with van der Waals surface area (Å²) >= 11 is 0. The van der Waals surface area contributed by atoms with E-state index < -0.39 is 0 Å². The fourth-order valence-corrected chi connectivity index (χ4v) is 1.16. The summed E-state index contributed by atoms with van der Waals surface area (Å²) in [5.74, 6) is 0.0554. The van der Waals surface area contributed by atoms with Crippen LogP contribution in [0.25, 0.3) is 0 Å². The number of hydrogen-bond acceptors (Lipinski definition) is 2. The summed E-state index contributed by atoms with van der Waals surface area (Å²) in [7, 11) is 0. The third-order valence-corrected chi connectivity index (χ3v) is 2.26. The lowest BCUT2D eigenvalue weighted by molar-refractivity contribution is -0.145. The van der Waals surface area contributed by atoms with Crippen molar-refractivity contribution >= 4 is 5.97 Å². The van der Waals surface area contributed by atoms with Crippen LogP contribution >= 0.6 is 0 Å². The van der Waals surface area contributed by atoms with Gasteiger partial charge >= 0.3 is 5.97 Å².